The fourth-order valence-corrected chi connectivity index (χ4v) is 1.05. The highest BCUT2D eigenvalue weighted by atomic mass is 79.9. The highest BCUT2D eigenvalue weighted by molar-refractivity contribution is 9.10. The molecule has 1 N–H and O–H groups in total. The Hall–Kier alpha value is -1.29. The molecule has 3 nitrogen and oxygen atoms in total. The van der Waals surface area contributed by atoms with E-state index in [9.17, 15) is 4.79 Å². The lowest BCUT2D eigenvalue weighted by atomic mass is 10.3. The Kier molecular flexibility index (Phi) is 4.19. The fourth-order valence-electron chi connectivity index (χ4n) is 0.791. The molecule has 74 valence electrons. The van der Waals surface area contributed by atoms with Crippen LogP contribution in [-0.2, 0) is 0 Å². The maximum atomic E-state index is 11.1. The van der Waals surface area contributed by atoms with E-state index in [1.165, 1.54) is 6.20 Å². The zero-order valence-electron chi connectivity index (χ0n) is 7.66. The van der Waals surface area contributed by atoms with E-state index < -0.39 is 6.09 Å². The molecule has 1 aromatic carbocycles. The summed E-state index contributed by atoms with van der Waals surface area (Å²) in [6, 6.07) is 7.02. The molecule has 0 unspecified atom stereocenters. The third-order valence-corrected chi connectivity index (χ3v) is 1.92. The van der Waals surface area contributed by atoms with Gasteiger partial charge in [-0.25, -0.2) is 4.79 Å². The lowest BCUT2D eigenvalue weighted by Crippen LogP contribution is -2.21. The van der Waals surface area contributed by atoms with Crippen LogP contribution in [-0.4, -0.2) is 6.09 Å². The predicted molar refractivity (Wildman–Crippen MR) is 58.1 cm³/mol. The van der Waals surface area contributed by atoms with Crippen molar-refractivity contribution in [2.45, 2.75) is 6.92 Å². The summed E-state index contributed by atoms with van der Waals surface area (Å²) in [5.74, 6) is 0.509. The number of halogens is 1. The van der Waals surface area contributed by atoms with E-state index in [0.717, 1.165) is 4.47 Å². The van der Waals surface area contributed by atoms with Crippen molar-refractivity contribution in [3.8, 4) is 5.75 Å². The number of hydrogen-bond acceptors (Lipinski definition) is 2. The smallest absolute Gasteiger partial charge is 0.410 e. The molecule has 0 aliphatic rings. The quantitative estimate of drug-likeness (QED) is 0.882. The molecule has 0 heterocycles. The minimum absolute atomic E-state index is 0.495. The van der Waals surface area contributed by atoms with Crippen molar-refractivity contribution in [2.75, 3.05) is 0 Å². The number of amides is 1. The topological polar surface area (TPSA) is 38.3 Å². The predicted octanol–water partition coefficient (Wildman–Crippen LogP) is 3.07. The molecule has 1 rings (SSSR count). The van der Waals surface area contributed by atoms with Crippen molar-refractivity contribution in [1.82, 2.24) is 5.32 Å². The van der Waals surface area contributed by atoms with E-state index in [0.29, 0.717) is 5.75 Å². The first kappa shape index (κ1) is 10.8. The molecular formula is C10H10BrNO2. The number of allylic oxidation sites excluding steroid dienone is 1. The lowest BCUT2D eigenvalue weighted by Gasteiger charge is -2.02. The molecule has 0 saturated heterocycles. The number of benzene rings is 1. The van der Waals surface area contributed by atoms with Crippen LogP contribution in [0.2, 0.25) is 0 Å². The molecule has 0 fully saturated rings. The van der Waals surface area contributed by atoms with E-state index in [-0.39, 0.29) is 0 Å². The number of nitrogens with one attached hydrogen (secondary N) is 1. The summed E-state index contributed by atoms with van der Waals surface area (Å²) >= 11 is 3.29. The molecule has 1 amide bonds. The summed E-state index contributed by atoms with van der Waals surface area (Å²) < 4.78 is 5.89. The molecule has 0 saturated carbocycles. The third-order valence-electron chi connectivity index (χ3n) is 1.39. The fraction of sp³-hybridized carbons (Fsp3) is 0.100. The van der Waals surface area contributed by atoms with E-state index in [4.69, 9.17) is 4.74 Å². The first-order valence-electron chi connectivity index (χ1n) is 4.07. The van der Waals surface area contributed by atoms with Gasteiger partial charge in [-0.2, -0.15) is 0 Å². The van der Waals surface area contributed by atoms with E-state index >= 15 is 0 Å². The van der Waals surface area contributed by atoms with Gasteiger partial charge >= 0.3 is 6.09 Å². The minimum atomic E-state index is -0.495. The molecule has 0 spiro atoms. The number of carbonyl (C=O) groups excluding carboxylic acids is 1. The van der Waals surface area contributed by atoms with Crippen molar-refractivity contribution in [3.63, 3.8) is 0 Å². The second kappa shape index (κ2) is 5.44. The van der Waals surface area contributed by atoms with Crippen LogP contribution in [0.25, 0.3) is 0 Å². The highest BCUT2D eigenvalue weighted by Crippen LogP contribution is 2.15. The van der Waals surface area contributed by atoms with Gasteiger partial charge in [-0.05, 0) is 31.2 Å². The van der Waals surface area contributed by atoms with Gasteiger partial charge < -0.3 is 4.74 Å². The van der Waals surface area contributed by atoms with E-state index in [2.05, 4.69) is 21.2 Å². The first-order chi connectivity index (χ1) is 6.72. The zero-order chi connectivity index (χ0) is 10.4. The maximum Gasteiger partial charge on any atom is 0.416 e. The normalized spacial score (nSPS) is 10.1. The molecule has 0 aliphatic carbocycles. The Morgan fingerprint density at radius 1 is 1.43 bits per heavy atom. The van der Waals surface area contributed by atoms with Gasteiger partial charge in [0.15, 0.2) is 0 Å². The van der Waals surface area contributed by atoms with Gasteiger partial charge in [0, 0.05) is 10.7 Å². The van der Waals surface area contributed by atoms with Crippen LogP contribution in [0.3, 0.4) is 0 Å². The summed E-state index contributed by atoms with van der Waals surface area (Å²) in [5, 5.41) is 2.44. The van der Waals surface area contributed by atoms with Crippen LogP contribution in [0.1, 0.15) is 6.92 Å². The van der Waals surface area contributed by atoms with Crippen molar-refractivity contribution in [2.24, 2.45) is 0 Å². The molecule has 0 radical (unpaired) electrons. The van der Waals surface area contributed by atoms with Crippen LogP contribution in [0, 0.1) is 0 Å². The van der Waals surface area contributed by atoms with Gasteiger partial charge in [-0.1, -0.05) is 22.0 Å². The highest BCUT2D eigenvalue weighted by Gasteiger charge is 2.00. The second-order valence-corrected chi connectivity index (χ2v) is 3.40. The Balaban J connectivity index is 2.52. The molecule has 1 aromatic rings. The van der Waals surface area contributed by atoms with Gasteiger partial charge in [-0.15, -0.1) is 0 Å². The summed E-state index contributed by atoms with van der Waals surface area (Å²) in [6.45, 7) is 1.81. The van der Waals surface area contributed by atoms with Crippen LogP contribution in [0.15, 0.2) is 41.0 Å². The van der Waals surface area contributed by atoms with Crippen molar-refractivity contribution in [3.05, 3.63) is 41.0 Å². The Morgan fingerprint density at radius 2 is 2.07 bits per heavy atom. The van der Waals surface area contributed by atoms with Crippen molar-refractivity contribution >= 4 is 22.0 Å². The van der Waals surface area contributed by atoms with Gasteiger partial charge in [0.1, 0.15) is 5.75 Å². The average Bonchev–Trinajstić information content (AvgIpc) is 2.18. The van der Waals surface area contributed by atoms with Gasteiger partial charge in [0.2, 0.25) is 0 Å². The Labute approximate surface area is 90.9 Å². The number of carbonyl (C=O) groups is 1. The van der Waals surface area contributed by atoms with E-state index in [1.54, 1.807) is 37.3 Å². The summed E-state index contributed by atoms with van der Waals surface area (Å²) in [7, 11) is 0. The van der Waals surface area contributed by atoms with Crippen LogP contribution >= 0.6 is 15.9 Å². The SMILES string of the molecule is CC=CNC(=O)Oc1ccc(Br)cc1. The zero-order valence-corrected chi connectivity index (χ0v) is 9.24. The van der Waals surface area contributed by atoms with Gasteiger partial charge in [0.05, 0.1) is 0 Å². The van der Waals surface area contributed by atoms with Crippen LogP contribution < -0.4 is 10.1 Å². The molecule has 0 atom stereocenters. The standard InChI is InChI=1S/C10H10BrNO2/c1-2-7-12-10(13)14-9-5-3-8(11)4-6-9/h2-7H,1H3,(H,12,13). The molecule has 4 heteroatoms. The van der Waals surface area contributed by atoms with Gasteiger partial charge in [0.25, 0.3) is 0 Å². The van der Waals surface area contributed by atoms with E-state index in [1.807, 2.05) is 0 Å². The number of ether oxygens (including phenoxy) is 1. The van der Waals surface area contributed by atoms with Crippen molar-refractivity contribution in [1.29, 1.82) is 0 Å². The third kappa shape index (κ3) is 3.62. The summed E-state index contributed by atoms with van der Waals surface area (Å²) in [6.07, 6.45) is 2.73. The minimum Gasteiger partial charge on any atom is -0.410 e. The average molecular weight is 256 g/mol. The van der Waals surface area contributed by atoms with Crippen LogP contribution in [0.5, 0.6) is 5.75 Å². The number of hydrogen-bond donors (Lipinski definition) is 1. The molecule has 0 aromatic heterocycles. The largest absolute Gasteiger partial charge is 0.416 e. The second-order valence-electron chi connectivity index (χ2n) is 2.49. The van der Waals surface area contributed by atoms with Gasteiger partial charge in [-0.3, -0.25) is 5.32 Å². The summed E-state index contributed by atoms with van der Waals surface area (Å²) in [4.78, 5) is 11.1. The summed E-state index contributed by atoms with van der Waals surface area (Å²) in [5.41, 5.74) is 0. The molecule has 0 aliphatic heterocycles. The van der Waals surface area contributed by atoms with Crippen molar-refractivity contribution < 1.29 is 9.53 Å². The monoisotopic (exact) mass is 255 g/mol. The lowest BCUT2D eigenvalue weighted by molar-refractivity contribution is 0.204. The maximum absolute atomic E-state index is 11.1. The van der Waals surface area contributed by atoms with Crippen LogP contribution in [0.4, 0.5) is 4.79 Å². The Bertz CT molecular complexity index is 332. The number of rotatable bonds is 2. The molecular weight excluding hydrogens is 246 g/mol. The first-order valence-corrected chi connectivity index (χ1v) is 4.87. The Morgan fingerprint density at radius 3 is 2.64 bits per heavy atom. The molecule has 14 heavy (non-hydrogen) atoms. The molecule has 0 bridgehead atoms.